The summed E-state index contributed by atoms with van der Waals surface area (Å²) in [6.45, 7) is -0.963. The molecule has 0 bridgehead atoms. The molecule has 0 aromatic heterocycles. The van der Waals surface area contributed by atoms with E-state index in [0.29, 0.717) is 0 Å². The van der Waals surface area contributed by atoms with Gasteiger partial charge in [-0.15, -0.1) is 0 Å². The van der Waals surface area contributed by atoms with Gasteiger partial charge in [-0.25, -0.2) is 0 Å². The van der Waals surface area contributed by atoms with Crippen LogP contribution in [0.1, 0.15) is 0 Å². The molecule has 0 amide bonds. The largest absolute Gasteiger partial charge is 0.713 e. The van der Waals surface area contributed by atoms with Gasteiger partial charge in [0.05, 0.1) is 10.0 Å². The van der Waals surface area contributed by atoms with Crippen LogP contribution in [0.25, 0.3) is 0 Å². The molecular weight excluding hydrogens is 292 g/mol. The van der Waals surface area contributed by atoms with Crippen LogP contribution in [0.3, 0.4) is 0 Å². The van der Waals surface area contributed by atoms with E-state index in [1.54, 1.807) is 0 Å². The molecule has 2 nitrogen and oxygen atoms in total. The lowest BCUT2D eigenvalue weighted by Crippen LogP contribution is -2.15. The van der Waals surface area contributed by atoms with Crippen LogP contribution in [-0.4, -0.2) is 6.53 Å². The van der Waals surface area contributed by atoms with E-state index >= 15 is 0 Å². The fourth-order valence-corrected chi connectivity index (χ4v) is 2.10. The summed E-state index contributed by atoms with van der Waals surface area (Å²) in [5.41, 5.74) is 0. The van der Waals surface area contributed by atoms with E-state index in [-0.39, 0.29) is 31.6 Å². The summed E-state index contributed by atoms with van der Waals surface area (Å²) in [5, 5.41) is 0.510. The van der Waals surface area contributed by atoms with Crippen LogP contribution < -0.4 is 9.31 Å². The Morgan fingerprint density at radius 1 is 0.714 bits per heavy atom. The van der Waals surface area contributed by atoms with Gasteiger partial charge in [0.1, 0.15) is 10.0 Å². The van der Waals surface area contributed by atoms with Crippen LogP contribution in [-0.2, 0) is 0 Å². The monoisotopic (exact) mass is 290 g/mol. The number of rotatable bonds is 0. The molecule has 0 radical (unpaired) electrons. The van der Waals surface area contributed by atoms with Gasteiger partial charge in [0.2, 0.25) is 0 Å². The SMILES string of the molecule is ClB1Oc2c(Cl)c(Cl)c(Cl)c(Cl)c2O1. The Kier molecular flexibility index (Phi) is 2.88. The average molecular weight is 292 g/mol. The van der Waals surface area contributed by atoms with Gasteiger partial charge in [-0.1, -0.05) is 57.9 Å². The molecule has 1 heterocycles. The summed E-state index contributed by atoms with van der Waals surface area (Å²) in [5.74, 6) is 0.428. The first kappa shape index (κ1) is 10.8. The summed E-state index contributed by atoms with van der Waals surface area (Å²) >= 11 is 28.8. The van der Waals surface area contributed by atoms with Gasteiger partial charge >= 0.3 is 6.53 Å². The number of fused-ring (bicyclic) bond motifs is 1. The van der Waals surface area contributed by atoms with Crippen LogP contribution in [0.5, 0.6) is 11.5 Å². The summed E-state index contributed by atoms with van der Waals surface area (Å²) in [7, 11) is 0. The van der Waals surface area contributed by atoms with E-state index in [1.807, 2.05) is 0 Å². The number of hydrogen-bond donors (Lipinski definition) is 0. The first-order chi connectivity index (χ1) is 6.52. The van der Waals surface area contributed by atoms with Gasteiger partial charge in [-0.05, 0) is 0 Å². The number of hydrogen-bond acceptors (Lipinski definition) is 2. The minimum absolute atomic E-state index is 0.117. The molecule has 0 aliphatic carbocycles. The Hall–Kier alpha value is 0.335. The van der Waals surface area contributed by atoms with Crippen molar-refractivity contribution in [2.45, 2.75) is 0 Å². The summed E-state index contributed by atoms with van der Waals surface area (Å²) in [6, 6.07) is 0. The Morgan fingerprint density at radius 3 is 1.43 bits per heavy atom. The lowest BCUT2D eigenvalue weighted by Gasteiger charge is -2.06. The van der Waals surface area contributed by atoms with E-state index in [9.17, 15) is 0 Å². The lowest BCUT2D eigenvalue weighted by molar-refractivity contribution is 0.529. The molecule has 1 aliphatic rings. The molecule has 2 rings (SSSR count). The maximum absolute atomic E-state index is 5.84. The molecule has 0 N–H and O–H groups in total. The van der Waals surface area contributed by atoms with Crippen molar-refractivity contribution in [2.24, 2.45) is 0 Å². The third-order valence-electron chi connectivity index (χ3n) is 1.60. The minimum Gasteiger partial charge on any atom is -0.509 e. The molecule has 1 aliphatic heterocycles. The van der Waals surface area contributed by atoms with E-state index < -0.39 is 6.53 Å². The molecule has 0 spiro atoms. The van der Waals surface area contributed by atoms with Crippen LogP contribution in [0, 0.1) is 0 Å². The normalized spacial score (nSPS) is 13.6. The van der Waals surface area contributed by atoms with E-state index in [2.05, 4.69) is 0 Å². The second-order valence-corrected chi connectivity index (χ2v) is 4.29. The summed E-state index contributed by atoms with van der Waals surface area (Å²) in [4.78, 5) is 0. The van der Waals surface area contributed by atoms with E-state index in [0.717, 1.165) is 0 Å². The Balaban J connectivity index is 2.70. The maximum Gasteiger partial charge on any atom is 0.713 e. The van der Waals surface area contributed by atoms with E-state index in [1.165, 1.54) is 0 Å². The van der Waals surface area contributed by atoms with Crippen molar-refractivity contribution in [3.05, 3.63) is 20.1 Å². The van der Waals surface area contributed by atoms with Crippen molar-refractivity contribution in [1.82, 2.24) is 0 Å². The van der Waals surface area contributed by atoms with Crippen molar-refractivity contribution in [2.75, 3.05) is 0 Å². The zero-order valence-corrected chi connectivity index (χ0v) is 10.1. The van der Waals surface area contributed by atoms with Gasteiger partial charge < -0.3 is 9.31 Å². The molecule has 1 aromatic carbocycles. The van der Waals surface area contributed by atoms with Crippen LogP contribution in [0.15, 0.2) is 0 Å². The number of halogens is 5. The first-order valence-electron chi connectivity index (χ1n) is 3.35. The second kappa shape index (κ2) is 3.73. The number of benzene rings is 1. The van der Waals surface area contributed by atoms with Crippen LogP contribution in [0.4, 0.5) is 0 Å². The van der Waals surface area contributed by atoms with Gasteiger partial charge in [0, 0.05) is 0 Å². The van der Waals surface area contributed by atoms with Gasteiger partial charge in [0.25, 0.3) is 0 Å². The molecule has 0 fully saturated rings. The Morgan fingerprint density at radius 2 is 1.07 bits per heavy atom. The molecule has 1 aromatic rings. The average Bonchev–Trinajstić information content (AvgIpc) is 2.54. The zero-order valence-electron chi connectivity index (χ0n) is 6.28. The molecule has 0 atom stereocenters. The fraction of sp³-hybridized carbons (Fsp3) is 0. The lowest BCUT2D eigenvalue weighted by atomic mass is 10.3. The molecule has 74 valence electrons. The smallest absolute Gasteiger partial charge is 0.509 e. The molecule has 0 saturated carbocycles. The molecule has 8 heteroatoms. The highest BCUT2D eigenvalue weighted by molar-refractivity contribution is 7.00. The molecule has 14 heavy (non-hydrogen) atoms. The van der Waals surface area contributed by atoms with Crippen molar-refractivity contribution >= 4 is 64.4 Å². The second-order valence-electron chi connectivity index (χ2n) is 2.42. The predicted molar refractivity (Wildman–Crippen MR) is 59.3 cm³/mol. The highest BCUT2D eigenvalue weighted by Gasteiger charge is 2.36. The highest BCUT2D eigenvalue weighted by atomic mass is 35.5. The van der Waals surface area contributed by atoms with Crippen molar-refractivity contribution in [1.29, 1.82) is 0 Å². The third kappa shape index (κ3) is 1.52. The highest BCUT2D eigenvalue weighted by Crippen LogP contribution is 2.52. The molecular formula is C6BCl5O2. The standard InChI is InChI=1S/C6BCl5O2/c8-1-2(9)4(11)6-5(3(1)10)13-7(12)14-6. The zero-order chi connectivity index (χ0) is 10.5. The Bertz CT molecular complexity index is 373. The summed E-state index contributed by atoms with van der Waals surface area (Å²) in [6.07, 6.45) is 0. The maximum atomic E-state index is 5.84. The third-order valence-corrected chi connectivity index (χ3v) is 3.55. The predicted octanol–water partition coefficient (Wildman–Crippen LogP) is 4.30. The summed E-state index contributed by atoms with van der Waals surface area (Å²) < 4.78 is 10.1. The Labute approximate surface area is 105 Å². The van der Waals surface area contributed by atoms with Gasteiger partial charge in [-0.2, -0.15) is 0 Å². The van der Waals surface area contributed by atoms with Crippen molar-refractivity contribution in [3.8, 4) is 11.5 Å². The fourth-order valence-electron chi connectivity index (χ4n) is 1.01. The molecule has 0 saturated heterocycles. The van der Waals surface area contributed by atoms with Crippen molar-refractivity contribution in [3.63, 3.8) is 0 Å². The van der Waals surface area contributed by atoms with E-state index in [4.69, 9.17) is 67.2 Å². The molecule has 0 unspecified atom stereocenters. The van der Waals surface area contributed by atoms with Crippen molar-refractivity contribution < 1.29 is 9.31 Å². The quantitative estimate of drug-likeness (QED) is 0.403. The minimum atomic E-state index is -0.963. The van der Waals surface area contributed by atoms with Gasteiger partial charge in [0.15, 0.2) is 11.5 Å². The van der Waals surface area contributed by atoms with Gasteiger partial charge in [-0.3, -0.25) is 0 Å². The first-order valence-corrected chi connectivity index (χ1v) is 5.30. The topological polar surface area (TPSA) is 18.5 Å². The van der Waals surface area contributed by atoms with Crippen LogP contribution in [0.2, 0.25) is 20.1 Å². The van der Waals surface area contributed by atoms with Crippen LogP contribution >= 0.6 is 57.9 Å².